The highest BCUT2D eigenvalue weighted by molar-refractivity contribution is 5.80. The van der Waals surface area contributed by atoms with Crippen molar-refractivity contribution < 1.29 is 9.53 Å². The number of carbonyl (C=O) groups is 1. The summed E-state index contributed by atoms with van der Waals surface area (Å²) < 4.78 is 5.53. The normalized spacial score (nSPS) is 12.4. The molecule has 0 amide bonds. The van der Waals surface area contributed by atoms with Crippen molar-refractivity contribution in [1.82, 2.24) is 0 Å². The highest BCUT2D eigenvalue weighted by Crippen LogP contribution is 2.07. The van der Waals surface area contributed by atoms with Crippen LogP contribution in [0.4, 0.5) is 0 Å². The van der Waals surface area contributed by atoms with Crippen molar-refractivity contribution in [2.75, 3.05) is 6.61 Å². The van der Waals surface area contributed by atoms with Crippen molar-refractivity contribution in [3.63, 3.8) is 0 Å². The van der Waals surface area contributed by atoms with E-state index in [1.165, 1.54) is 5.56 Å². The minimum absolute atomic E-state index is 0.126. The summed E-state index contributed by atoms with van der Waals surface area (Å²) in [7, 11) is 0. The molecule has 0 saturated carbocycles. The lowest BCUT2D eigenvalue weighted by atomic mass is 10.0. The van der Waals surface area contributed by atoms with Crippen LogP contribution in [0.2, 0.25) is 0 Å². The average Bonchev–Trinajstić information content (AvgIpc) is 2.34. The largest absolute Gasteiger partial charge is 0.377 e. The molecule has 16 heavy (non-hydrogen) atoms. The van der Waals surface area contributed by atoms with Gasteiger partial charge in [-0.25, -0.2) is 0 Å². The van der Waals surface area contributed by atoms with Gasteiger partial charge in [-0.15, -0.1) is 0 Å². The summed E-state index contributed by atoms with van der Waals surface area (Å²) in [6.45, 7) is 5.16. The molecule has 0 aliphatic rings. The van der Waals surface area contributed by atoms with Crippen molar-refractivity contribution in [3.05, 3.63) is 35.9 Å². The maximum absolute atomic E-state index is 11.3. The molecule has 0 fully saturated rings. The number of carbonyl (C=O) groups excluding carboxylic acids is 1. The third kappa shape index (κ3) is 4.58. The Bertz CT molecular complexity index is 306. The van der Waals surface area contributed by atoms with Crippen molar-refractivity contribution in [1.29, 1.82) is 0 Å². The van der Waals surface area contributed by atoms with Gasteiger partial charge in [0.25, 0.3) is 0 Å². The lowest BCUT2D eigenvalue weighted by Gasteiger charge is -2.09. The molecule has 88 valence electrons. The Morgan fingerprint density at radius 3 is 2.62 bits per heavy atom. The van der Waals surface area contributed by atoms with Crippen LogP contribution in [0.15, 0.2) is 30.3 Å². The molecule has 0 radical (unpaired) electrons. The first-order valence-corrected chi connectivity index (χ1v) is 5.88. The van der Waals surface area contributed by atoms with E-state index in [1.807, 2.05) is 44.2 Å². The van der Waals surface area contributed by atoms with Crippen LogP contribution in [0.3, 0.4) is 0 Å². The molecule has 2 nitrogen and oxygen atoms in total. The summed E-state index contributed by atoms with van der Waals surface area (Å²) in [6, 6.07) is 10.1. The van der Waals surface area contributed by atoms with Crippen LogP contribution >= 0.6 is 0 Å². The second-order valence-corrected chi connectivity index (χ2v) is 4.05. The fraction of sp³-hybridized carbons (Fsp3) is 0.500. The van der Waals surface area contributed by atoms with Crippen LogP contribution in [0.1, 0.15) is 32.3 Å². The first-order chi connectivity index (χ1) is 7.74. The first-order valence-electron chi connectivity index (χ1n) is 5.88. The lowest BCUT2D eigenvalue weighted by molar-refractivity contribution is -0.122. The Labute approximate surface area is 97.6 Å². The van der Waals surface area contributed by atoms with Gasteiger partial charge >= 0.3 is 0 Å². The van der Waals surface area contributed by atoms with E-state index in [1.54, 1.807) is 0 Å². The van der Waals surface area contributed by atoms with Gasteiger partial charge in [0.1, 0.15) is 5.78 Å². The number of Topliss-reactive ketones (excluding diaryl/α,β-unsaturated/α-hetero) is 1. The van der Waals surface area contributed by atoms with Gasteiger partial charge in [-0.05, 0) is 12.0 Å². The Morgan fingerprint density at radius 2 is 2.00 bits per heavy atom. The molecule has 1 unspecified atom stereocenters. The molecule has 1 atom stereocenters. The van der Waals surface area contributed by atoms with Crippen LogP contribution in [0.5, 0.6) is 0 Å². The molecule has 0 aliphatic heterocycles. The molecule has 1 rings (SSSR count). The number of rotatable bonds is 7. The maximum Gasteiger partial charge on any atom is 0.135 e. The van der Waals surface area contributed by atoms with Gasteiger partial charge in [0.2, 0.25) is 0 Å². The van der Waals surface area contributed by atoms with Crippen LogP contribution in [-0.4, -0.2) is 12.4 Å². The van der Waals surface area contributed by atoms with Gasteiger partial charge in [0.15, 0.2) is 0 Å². The molecule has 0 N–H and O–H groups in total. The number of ketones is 1. The molecule has 0 aromatic heterocycles. The first kappa shape index (κ1) is 12.9. The predicted molar refractivity (Wildman–Crippen MR) is 65.2 cm³/mol. The van der Waals surface area contributed by atoms with Gasteiger partial charge in [-0.3, -0.25) is 4.79 Å². The van der Waals surface area contributed by atoms with Crippen LogP contribution in [0, 0.1) is 5.92 Å². The zero-order valence-corrected chi connectivity index (χ0v) is 10.1. The van der Waals surface area contributed by atoms with E-state index < -0.39 is 0 Å². The molecule has 0 saturated heterocycles. The van der Waals surface area contributed by atoms with Crippen LogP contribution in [0.25, 0.3) is 0 Å². The summed E-state index contributed by atoms with van der Waals surface area (Å²) in [5, 5.41) is 0. The van der Waals surface area contributed by atoms with Crippen molar-refractivity contribution in [2.45, 2.75) is 33.3 Å². The van der Waals surface area contributed by atoms with Crippen LogP contribution < -0.4 is 0 Å². The van der Waals surface area contributed by atoms with E-state index >= 15 is 0 Å². The number of hydrogen-bond donors (Lipinski definition) is 0. The van der Waals surface area contributed by atoms with Crippen molar-refractivity contribution in [3.8, 4) is 0 Å². The summed E-state index contributed by atoms with van der Waals surface area (Å²) in [5.74, 6) is 0.448. The Morgan fingerprint density at radius 1 is 1.31 bits per heavy atom. The third-order valence-electron chi connectivity index (χ3n) is 2.70. The highest BCUT2D eigenvalue weighted by atomic mass is 16.5. The number of benzene rings is 1. The van der Waals surface area contributed by atoms with Gasteiger partial charge in [0, 0.05) is 18.9 Å². The number of hydrogen-bond acceptors (Lipinski definition) is 2. The van der Waals surface area contributed by atoms with E-state index in [0.717, 1.165) is 6.42 Å². The second kappa shape index (κ2) is 7.18. The summed E-state index contributed by atoms with van der Waals surface area (Å²) in [5.41, 5.74) is 1.18. The molecular formula is C14H20O2. The predicted octanol–water partition coefficient (Wildman–Crippen LogP) is 3.21. The van der Waals surface area contributed by atoms with Gasteiger partial charge in [-0.1, -0.05) is 44.2 Å². The Balaban J connectivity index is 2.15. The molecular weight excluding hydrogens is 200 g/mol. The van der Waals surface area contributed by atoms with E-state index in [9.17, 15) is 4.79 Å². The summed E-state index contributed by atoms with van der Waals surface area (Å²) in [6.07, 6.45) is 1.44. The van der Waals surface area contributed by atoms with Gasteiger partial charge in [0.05, 0.1) is 6.61 Å². The van der Waals surface area contributed by atoms with Gasteiger partial charge in [-0.2, -0.15) is 0 Å². The van der Waals surface area contributed by atoms with E-state index in [4.69, 9.17) is 4.74 Å². The van der Waals surface area contributed by atoms with E-state index in [0.29, 0.717) is 25.4 Å². The Hall–Kier alpha value is -1.15. The highest BCUT2D eigenvalue weighted by Gasteiger charge is 2.09. The fourth-order valence-corrected chi connectivity index (χ4v) is 1.53. The van der Waals surface area contributed by atoms with Gasteiger partial charge < -0.3 is 4.74 Å². The molecule has 0 aliphatic carbocycles. The second-order valence-electron chi connectivity index (χ2n) is 4.05. The molecule has 1 aromatic rings. The zero-order chi connectivity index (χ0) is 11.8. The molecule has 1 aromatic carbocycles. The van der Waals surface area contributed by atoms with E-state index in [2.05, 4.69) is 0 Å². The average molecular weight is 220 g/mol. The topological polar surface area (TPSA) is 26.3 Å². The third-order valence-corrected chi connectivity index (χ3v) is 2.70. The molecule has 2 heteroatoms. The molecule has 0 heterocycles. The van der Waals surface area contributed by atoms with Crippen molar-refractivity contribution >= 4 is 5.78 Å². The monoisotopic (exact) mass is 220 g/mol. The van der Waals surface area contributed by atoms with E-state index in [-0.39, 0.29) is 5.92 Å². The standard InChI is InChI=1S/C14H20O2/c1-3-14(15)12(2)9-10-16-11-13-7-5-4-6-8-13/h4-8,12H,3,9-11H2,1-2H3. The SMILES string of the molecule is CCC(=O)C(C)CCOCc1ccccc1. The van der Waals surface area contributed by atoms with Crippen molar-refractivity contribution in [2.24, 2.45) is 5.92 Å². The summed E-state index contributed by atoms with van der Waals surface area (Å²) in [4.78, 5) is 11.3. The smallest absolute Gasteiger partial charge is 0.135 e. The fourth-order valence-electron chi connectivity index (χ4n) is 1.53. The zero-order valence-electron chi connectivity index (χ0n) is 10.1. The lowest BCUT2D eigenvalue weighted by Crippen LogP contribution is -2.12. The minimum Gasteiger partial charge on any atom is -0.377 e. The van der Waals surface area contributed by atoms with Crippen LogP contribution in [-0.2, 0) is 16.1 Å². The Kier molecular flexibility index (Phi) is 5.79. The summed E-state index contributed by atoms with van der Waals surface area (Å²) >= 11 is 0. The molecule has 0 spiro atoms. The number of ether oxygens (including phenoxy) is 1. The molecule has 0 bridgehead atoms. The minimum atomic E-state index is 0.126. The maximum atomic E-state index is 11.3. The quantitative estimate of drug-likeness (QED) is 0.659.